The van der Waals surface area contributed by atoms with E-state index in [1.54, 1.807) is 40.5 Å². The summed E-state index contributed by atoms with van der Waals surface area (Å²) in [5.41, 5.74) is 0.545. The molecule has 3 heterocycles. The van der Waals surface area contributed by atoms with Crippen molar-refractivity contribution in [2.45, 2.75) is 17.7 Å². The zero-order valence-corrected chi connectivity index (χ0v) is 18.9. The van der Waals surface area contributed by atoms with Crippen molar-refractivity contribution in [2.24, 2.45) is 0 Å². The van der Waals surface area contributed by atoms with Gasteiger partial charge in [0.05, 0.1) is 0 Å². The van der Waals surface area contributed by atoms with E-state index in [0.717, 1.165) is 9.75 Å². The lowest BCUT2D eigenvalue weighted by atomic mass is 10.1. The first-order valence-electron chi connectivity index (χ1n) is 9.54. The fourth-order valence-electron chi connectivity index (χ4n) is 3.26. The van der Waals surface area contributed by atoms with E-state index in [1.165, 1.54) is 15.6 Å². The molecule has 0 bridgehead atoms. The molecule has 4 rings (SSSR count). The van der Waals surface area contributed by atoms with E-state index < -0.39 is 10.0 Å². The molecule has 6 nitrogen and oxygen atoms in total. The van der Waals surface area contributed by atoms with Gasteiger partial charge in [-0.25, -0.2) is 8.42 Å². The summed E-state index contributed by atoms with van der Waals surface area (Å²) in [7, 11) is -3.50. The second-order valence-corrected chi connectivity index (χ2v) is 11.4. The first-order chi connectivity index (χ1) is 14.4. The largest absolute Gasteiger partial charge is 0.488 e. The Hall–Kier alpha value is -2.20. The number of rotatable bonds is 6. The minimum atomic E-state index is -3.50. The lowest BCUT2D eigenvalue weighted by molar-refractivity contribution is 0.0697. The van der Waals surface area contributed by atoms with Crippen LogP contribution in [-0.2, 0) is 16.6 Å². The molecule has 0 N–H and O–H groups in total. The van der Waals surface area contributed by atoms with Gasteiger partial charge in [-0.3, -0.25) is 4.79 Å². The van der Waals surface area contributed by atoms with E-state index in [1.807, 2.05) is 36.6 Å². The molecule has 1 fully saturated rings. The Labute approximate surface area is 184 Å². The van der Waals surface area contributed by atoms with Crippen LogP contribution in [0, 0.1) is 6.92 Å². The molecule has 1 saturated heterocycles. The third-order valence-corrected chi connectivity index (χ3v) is 9.09. The molecule has 0 aliphatic carbocycles. The Kier molecular flexibility index (Phi) is 6.24. The molecule has 9 heteroatoms. The van der Waals surface area contributed by atoms with Crippen LogP contribution < -0.4 is 4.74 Å². The van der Waals surface area contributed by atoms with Crippen LogP contribution in [0.5, 0.6) is 5.75 Å². The predicted molar refractivity (Wildman–Crippen MR) is 119 cm³/mol. The highest BCUT2D eigenvalue weighted by Gasteiger charge is 2.31. The van der Waals surface area contributed by atoms with Gasteiger partial charge in [0.15, 0.2) is 0 Å². The highest BCUT2D eigenvalue weighted by atomic mass is 32.2. The van der Waals surface area contributed by atoms with Crippen molar-refractivity contribution in [1.29, 1.82) is 0 Å². The van der Waals surface area contributed by atoms with Crippen LogP contribution in [0.2, 0.25) is 0 Å². The molecule has 1 aliphatic rings. The van der Waals surface area contributed by atoms with E-state index in [4.69, 9.17) is 4.74 Å². The van der Waals surface area contributed by atoms with E-state index >= 15 is 0 Å². The summed E-state index contributed by atoms with van der Waals surface area (Å²) in [5, 5.41) is 2.00. The van der Waals surface area contributed by atoms with Crippen LogP contribution in [0.4, 0.5) is 0 Å². The third kappa shape index (κ3) is 4.59. The van der Waals surface area contributed by atoms with E-state index in [0.29, 0.717) is 48.3 Å². The predicted octanol–water partition coefficient (Wildman–Crippen LogP) is 3.84. The second kappa shape index (κ2) is 8.89. The smallest absolute Gasteiger partial charge is 0.254 e. The van der Waals surface area contributed by atoms with Crippen molar-refractivity contribution in [3.63, 3.8) is 0 Å². The molecule has 0 spiro atoms. The van der Waals surface area contributed by atoms with E-state index in [-0.39, 0.29) is 5.91 Å². The number of carbonyl (C=O) groups is 1. The zero-order chi connectivity index (χ0) is 21.1. The minimum Gasteiger partial charge on any atom is -0.488 e. The SMILES string of the molecule is Cc1ccc(S(=O)(=O)N2CCN(C(=O)c3cccc(OCc4cccs4)c3)CC2)s1. The van der Waals surface area contributed by atoms with Gasteiger partial charge in [0.25, 0.3) is 15.9 Å². The van der Waals surface area contributed by atoms with Crippen molar-refractivity contribution in [3.8, 4) is 5.75 Å². The summed E-state index contributed by atoms with van der Waals surface area (Å²) in [6.07, 6.45) is 0. The number of aryl methyl sites for hydroxylation is 1. The molecule has 2 aromatic heterocycles. The molecule has 0 unspecified atom stereocenters. The Balaban J connectivity index is 1.38. The van der Waals surface area contributed by atoms with Crippen molar-refractivity contribution >= 4 is 38.6 Å². The van der Waals surface area contributed by atoms with Crippen LogP contribution in [0.3, 0.4) is 0 Å². The second-order valence-electron chi connectivity index (χ2n) is 6.96. The van der Waals surface area contributed by atoms with Gasteiger partial charge in [-0.2, -0.15) is 4.31 Å². The topological polar surface area (TPSA) is 66.9 Å². The highest BCUT2D eigenvalue weighted by molar-refractivity contribution is 7.91. The average molecular weight is 463 g/mol. The first kappa shape index (κ1) is 21.0. The van der Waals surface area contributed by atoms with Gasteiger partial charge in [0.2, 0.25) is 0 Å². The molecule has 158 valence electrons. The van der Waals surface area contributed by atoms with Gasteiger partial charge in [-0.1, -0.05) is 12.1 Å². The maximum Gasteiger partial charge on any atom is 0.254 e. The standard InChI is InChI=1S/C21H22N2O4S3/c1-16-7-8-20(29-16)30(25,26)23-11-9-22(10-12-23)21(24)17-4-2-5-18(14-17)27-15-19-6-3-13-28-19/h2-8,13-14H,9-12,15H2,1H3. The maximum atomic E-state index is 12.9. The number of hydrogen-bond donors (Lipinski definition) is 0. The van der Waals surface area contributed by atoms with Crippen molar-refractivity contribution < 1.29 is 17.9 Å². The molecule has 3 aromatic rings. The Morgan fingerprint density at radius 1 is 1.07 bits per heavy atom. The van der Waals surface area contributed by atoms with Gasteiger partial charge in [0.1, 0.15) is 16.6 Å². The molecule has 1 amide bonds. The highest BCUT2D eigenvalue weighted by Crippen LogP contribution is 2.25. The molecule has 1 aliphatic heterocycles. The average Bonchev–Trinajstić information content (AvgIpc) is 3.44. The van der Waals surface area contributed by atoms with Crippen LogP contribution in [0.15, 0.2) is 58.1 Å². The Morgan fingerprint density at radius 3 is 2.53 bits per heavy atom. The van der Waals surface area contributed by atoms with Gasteiger partial charge >= 0.3 is 0 Å². The van der Waals surface area contributed by atoms with Crippen molar-refractivity contribution in [1.82, 2.24) is 9.21 Å². The number of piperazine rings is 1. The van der Waals surface area contributed by atoms with Gasteiger partial charge in [-0.15, -0.1) is 22.7 Å². The molecule has 30 heavy (non-hydrogen) atoms. The van der Waals surface area contributed by atoms with E-state index in [2.05, 4.69) is 0 Å². The summed E-state index contributed by atoms with van der Waals surface area (Å²) in [6, 6.07) is 14.6. The fraction of sp³-hybridized carbons (Fsp3) is 0.286. The number of carbonyl (C=O) groups excluding carboxylic acids is 1. The van der Waals surface area contributed by atoms with Gasteiger partial charge < -0.3 is 9.64 Å². The summed E-state index contributed by atoms with van der Waals surface area (Å²) in [5.74, 6) is 0.532. The zero-order valence-electron chi connectivity index (χ0n) is 16.5. The molecule has 0 atom stereocenters. The monoisotopic (exact) mass is 462 g/mol. The summed E-state index contributed by atoms with van der Waals surface area (Å²) in [4.78, 5) is 16.7. The number of nitrogens with zero attached hydrogens (tertiary/aromatic N) is 2. The number of sulfonamides is 1. The normalized spacial score (nSPS) is 15.3. The van der Waals surface area contributed by atoms with Crippen LogP contribution >= 0.6 is 22.7 Å². The summed E-state index contributed by atoms with van der Waals surface area (Å²) >= 11 is 2.90. The number of hydrogen-bond acceptors (Lipinski definition) is 6. The van der Waals surface area contributed by atoms with Crippen molar-refractivity contribution in [2.75, 3.05) is 26.2 Å². The quantitative estimate of drug-likeness (QED) is 0.558. The number of ether oxygens (including phenoxy) is 1. The number of amides is 1. The summed E-state index contributed by atoms with van der Waals surface area (Å²) in [6.45, 7) is 3.66. The third-order valence-electron chi connectivity index (χ3n) is 4.88. The molecule has 0 radical (unpaired) electrons. The molecule has 1 aromatic carbocycles. The number of benzene rings is 1. The van der Waals surface area contributed by atoms with Crippen molar-refractivity contribution in [3.05, 3.63) is 69.2 Å². The van der Waals surface area contributed by atoms with Gasteiger partial charge in [-0.05, 0) is 48.7 Å². The lowest BCUT2D eigenvalue weighted by Gasteiger charge is -2.33. The van der Waals surface area contributed by atoms with Crippen LogP contribution in [0.1, 0.15) is 20.1 Å². The fourth-order valence-corrected chi connectivity index (χ4v) is 6.74. The van der Waals surface area contributed by atoms with Crippen LogP contribution in [-0.4, -0.2) is 49.7 Å². The Morgan fingerprint density at radius 2 is 1.87 bits per heavy atom. The molecular weight excluding hydrogens is 440 g/mol. The summed E-state index contributed by atoms with van der Waals surface area (Å²) < 4.78 is 33.2. The Bertz CT molecular complexity index is 1110. The first-order valence-corrected chi connectivity index (χ1v) is 12.7. The lowest BCUT2D eigenvalue weighted by Crippen LogP contribution is -2.50. The van der Waals surface area contributed by atoms with Gasteiger partial charge in [0, 0.05) is 41.5 Å². The number of thiophene rings is 2. The van der Waals surface area contributed by atoms with Crippen LogP contribution in [0.25, 0.3) is 0 Å². The maximum absolute atomic E-state index is 12.9. The van der Waals surface area contributed by atoms with E-state index in [9.17, 15) is 13.2 Å². The molecular formula is C21H22N2O4S3. The molecule has 0 saturated carbocycles. The minimum absolute atomic E-state index is 0.111.